The van der Waals surface area contributed by atoms with Crippen LogP contribution in [0.5, 0.6) is 0 Å². The number of rotatable bonds is 3. The Morgan fingerprint density at radius 1 is 1.32 bits per heavy atom. The quantitative estimate of drug-likeness (QED) is 0.715. The second-order valence-corrected chi connectivity index (χ2v) is 8.38. The van der Waals surface area contributed by atoms with Crippen molar-refractivity contribution in [3.63, 3.8) is 0 Å². The standard InChI is InChI=1S/C22H27N3O3/c1-5-14-6-7-18-17(12-14)16-8-10-23-20(19(16)27-18)25-11-9-15(13-25)24-21(26)28-22(2,3)4/h6-8,10,12,15H,5,9,11,13H2,1-4H3,(H,24,26)/t15-/m0/s1. The molecule has 1 N–H and O–H groups in total. The zero-order valence-corrected chi connectivity index (χ0v) is 16.9. The van der Waals surface area contributed by atoms with Crippen LogP contribution in [-0.2, 0) is 11.2 Å². The lowest BCUT2D eigenvalue weighted by molar-refractivity contribution is 0.0509. The maximum atomic E-state index is 12.1. The smallest absolute Gasteiger partial charge is 0.407 e. The topological polar surface area (TPSA) is 67.6 Å². The summed E-state index contributed by atoms with van der Waals surface area (Å²) in [4.78, 5) is 18.8. The van der Waals surface area contributed by atoms with Crippen molar-refractivity contribution < 1.29 is 13.9 Å². The molecule has 0 spiro atoms. The largest absolute Gasteiger partial charge is 0.452 e. The number of hydrogen-bond donors (Lipinski definition) is 1. The van der Waals surface area contributed by atoms with Gasteiger partial charge < -0.3 is 19.4 Å². The predicted molar refractivity (Wildman–Crippen MR) is 111 cm³/mol. The number of aryl methyl sites for hydroxylation is 1. The third-order valence-electron chi connectivity index (χ3n) is 5.05. The molecule has 6 nitrogen and oxygen atoms in total. The van der Waals surface area contributed by atoms with Gasteiger partial charge in [-0.15, -0.1) is 0 Å². The van der Waals surface area contributed by atoms with Crippen molar-refractivity contribution in [1.29, 1.82) is 0 Å². The van der Waals surface area contributed by atoms with Crippen LogP contribution in [0.15, 0.2) is 34.9 Å². The van der Waals surface area contributed by atoms with E-state index in [9.17, 15) is 4.79 Å². The van der Waals surface area contributed by atoms with Crippen LogP contribution in [0, 0.1) is 0 Å². The number of nitrogens with zero attached hydrogens (tertiary/aromatic N) is 2. The van der Waals surface area contributed by atoms with Crippen molar-refractivity contribution in [3.8, 4) is 0 Å². The normalized spacial score (nSPS) is 17.4. The summed E-state index contributed by atoms with van der Waals surface area (Å²) in [7, 11) is 0. The van der Waals surface area contributed by atoms with Crippen molar-refractivity contribution in [3.05, 3.63) is 36.0 Å². The summed E-state index contributed by atoms with van der Waals surface area (Å²) in [5, 5.41) is 5.17. The predicted octanol–water partition coefficient (Wildman–Crippen LogP) is 4.65. The molecule has 1 aliphatic rings. The first-order valence-corrected chi connectivity index (χ1v) is 9.88. The highest BCUT2D eigenvalue weighted by Gasteiger charge is 2.28. The summed E-state index contributed by atoms with van der Waals surface area (Å²) in [6.07, 6.45) is 3.29. The van der Waals surface area contributed by atoms with Crippen molar-refractivity contribution >= 4 is 33.8 Å². The molecule has 1 aliphatic heterocycles. The molecule has 1 aromatic carbocycles. The van der Waals surface area contributed by atoms with E-state index in [1.807, 2.05) is 39.1 Å². The van der Waals surface area contributed by atoms with E-state index in [1.165, 1.54) is 5.56 Å². The fourth-order valence-electron chi connectivity index (χ4n) is 3.73. The molecule has 3 aromatic rings. The van der Waals surface area contributed by atoms with Crippen molar-refractivity contribution in [2.24, 2.45) is 0 Å². The number of pyridine rings is 1. The number of carbonyl (C=O) groups is 1. The zero-order chi connectivity index (χ0) is 19.9. The Kier molecular flexibility index (Phi) is 4.65. The van der Waals surface area contributed by atoms with Gasteiger partial charge in [-0.3, -0.25) is 0 Å². The van der Waals surface area contributed by atoms with Gasteiger partial charge in [-0.2, -0.15) is 0 Å². The molecule has 28 heavy (non-hydrogen) atoms. The van der Waals surface area contributed by atoms with Gasteiger partial charge in [0.15, 0.2) is 11.4 Å². The molecule has 0 bridgehead atoms. The average Bonchev–Trinajstić information content (AvgIpc) is 3.23. The van der Waals surface area contributed by atoms with Gasteiger partial charge in [-0.25, -0.2) is 9.78 Å². The average molecular weight is 381 g/mol. The number of hydrogen-bond acceptors (Lipinski definition) is 5. The second-order valence-electron chi connectivity index (χ2n) is 8.38. The Hall–Kier alpha value is -2.76. The van der Waals surface area contributed by atoms with Crippen LogP contribution >= 0.6 is 0 Å². The lowest BCUT2D eigenvalue weighted by Gasteiger charge is -2.22. The maximum Gasteiger partial charge on any atom is 0.407 e. The number of aromatic nitrogens is 1. The summed E-state index contributed by atoms with van der Waals surface area (Å²) >= 11 is 0. The van der Waals surface area contributed by atoms with Gasteiger partial charge in [0.25, 0.3) is 0 Å². The molecule has 0 unspecified atom stereocenters. The number of furan rings is 1. The lowest BCUT2D eigenvalue weighted by Crippen LogP contribution is -2.40. The Bertz CT molecular complexity index is 1020. The number of anilines is 1. The maximum absolute atomic E-state index is 12.1. The molecular formula is C22H27N3O3. The molecule has 4 rings (SSSR count). The monoisotopic (exact) mass is 381 g/mol. The van der Waals surface area contributed by atoms with Crippen LogP contribution in [0.3, 0.4) is 0 Å². The van der Waals surface area contributed by atoms with Crippen molar-refractivity contribution in [2.75, 3.05) is 18.0 Å². The number of nitrogens with one attached hydrogen (secondary N) is 1. The fourth-order valence-corrected chi connectivity index (χ4v) is 3.73. The highest BCUT2D eigenvalue weighted by atomic mass is 16.6. The molecule has 148 valence electrons. The molecule has 0 radical (unpaired) electrons. The van der Waals surface area contributed by atoms with Gasteiger partial charge in [-0.1, -0.05) is 13.0 Å². The molecule has 1 amide bonds. The minimum atomic E-state index is -0.499. The molecule has 0 aliphatic carbocycles. The van der Waals surface area contributed by atoms with Crippen LogP contribution in [-0.4, -0.2) is 35.8 Å². The SMILES string of the molecule is CCc1ccc2oc3c(N4CC[C@H](NC(=O)OC(C)(C)C)C4)nccc3c2c1. The second kappa shape index (κ2) is 7.00. The van der Waals surface area contributed by atoms with Crippen molar-refractivity contribution in [2.45, 2.75) is 52.2 Å². The summed E-state index contributed by atoms with van der Waals surface area (Å²) in [5.74, 6) is 0.834. The van der Waals surface area contributed by atoms with E-state index in [2.05, 4.69) is 34.3 Å². The van der Waals surface area contributed by atoms with Crippen molar-refractivity contribution in [1.82, 2.24) is 10.3 Å². The Labute approximate surface area is 164 Å². The number of fused-ring (bicyclic) bond motifs is 3. The number of carbonyl (C=O) groups excluding carboxylic acids is 1. The van der Waals surface area contributed by atoms with Gasteiger partial charge in [0.2, 0.25) is 0 Å². The van der Waals surface area contributed by atoms with E-state index < -0.39 is 5.60 Å². The van der Waals surface area contributed by atoms with Gasteiger partial charge in [0.1, 0.15) is 11.2 Å². The summed E-state index contributed by atoms with van der Waals surface area (Å²) in [5.41, 5.74) is 2.48. The van der Waals surface area contributed by atoms with Crippen LogP contribution < -0.4 is 10.2 Å². The number of alkyl carbamates (subject to hydrolysis) is 1. The Morgan fingerprint density at radius 3 is 2.89 bits per heavy atom. The number of benzene rings is 1. The molecule has 6 heteroatoms. The van der Waals surface area contributed by atoms with E-state index in [4.69, 9.17) is 9.15 Å². The third kappa shape index (κ3) is 3.63. The Balaban J connectivity index is 1.57. The summed E-state index contributed by atoms with van der Waals surface area (Å²) < 4.78 is 11.5. The Morgan fingerprint density at radius 2 is 2.14 bits per heavy atom. The first kappa shape index (κ1) is 18.6. The molecule has 1 saturated heterocycles. The minimum absolute atomic E-state index is 0.0305. The van der Waals surface area contributed by atoms with E-state index in [0.717, 1.165) is 47.1 Å². The van der Waals surface area contributed by atoms with Crippen LogP contribution in [0.4, 0.5) is 10.6 Å². The summed E-state index contributed by atoms with van der Waals surface area (Å²) in [6, 6.07) is 8.38. The molecule has 0 saturated carbocycles. The first-order valence-electron chi connectivity index (χ1n) is 9.88. The zero-order valence-electron chi connectivity index (χ0n) is 16.9. The summed E-state index contributed by atoms with van der Waals surface area (Å²) in [6.45, 7) is 9.24. The van der Waals surface area contributed by atoms with Gasteiger partial charge in [-0.05, 0) is 57.4 Å². The minimum Gasteiger partial charge on any atom is -0.452 e. The van der Waals surface area contributed by atoms with Gasteiger partial charge in [0.05, 0.1) is 6.04 Å². The highest BCUT2D eigenvalue weighted by molar-refractivity contribution is 6.08. The van der Waals surface area contributed by atoms with E-state index in [-0.39, 0.29) is 12.1 Å². The fraction of sp³-hybridized carbons (Fsp3) is 0.455. The van der Waals surface area contributed by atoms with E-state index >= 15 is 0 Å². The first-order chi connectivity index (χ1) is 13.3. The molecule has 1 fully saturated rings. The molecular weight excluding hydrogens is 354 g/mol. The molecule has 3 heterocycles. The van der Waals surface area contributed by atoms with Crippen LogP contribution in [0.25, 0.3) is 21.9 Å². The van der Waals surface area contributed by atoms with E-state index in [1.54, 1.807) is 0 Å². The highest BCUT2D eigenvalue weighted by Crippen LogP contribution is 2.35. The number of ether oxygens (including phenoxy) is 1. The van der Waals surface area contributed by atoms with Crippen LogP contribution in [0.1, 0.15) is 39.7 Å². The molecule has 2 aromatic heterocycles. The molecule has 1 atom stereocenters. The van der Waals surface area contributed by atoms with Gasteiger partial charge in [0, 0.05) is 30.1 Å². The van der Waals surface area contributed by atoms with E-state index in [0.29, 0.717) is 6.54 Å². The number of amides is 1. The van der Waals surface area contributed by atoms with Gasteiger partial charge >= 0.3 is 6.09 Å². The van der Waals surface area contributed by atoms with Crippen LogP contribution in [0.2, 0.25) is 0 Å². The third-order valence-corrected chi connectivity index (χ3v) is 5.05. The lowest BCUT2D eigenvalue weighted by atomic mass is 10.1.